The summed E-state index contributed by atoms with van der Waals surface area (Å²) in [6.07, 6.45) is 1.23. The van der Waals surface area contributed by atoms with Crippen molar-refractivity contribution in [2.75, 3.05) is 32.1 Å². The molecule has 0 aliphatic carbocycles. The van der Waals surface area contributed by atoms with E-state index in [0.717, 1.165) is 6.07 Å². The molecule has 1 aliphatic rings. The first-order chi connectivity index (χ1) is 9.40. The fraction of sp³-hybridized carbons (Fsp3) is 0.538. The average molecular weight is 283 g/mol. The van der Waals surface area contributed by atoms with E-state index in [0.29, 0.717) is 13.0 Å². The number of aromatic carboxylic acids is 1. The number of aliphatic hydroxyl groups excluding tert-OH is 1. The number of aliphatic hydroxyl groups is 1. The van der Waals surface area contributed by atoms with Gasteiger partial charge in [-0.2, -0.15) is 0 Å². The molecule has 0 radical (unpaired) electrons. The molecule has 1 saturated heterocycles. The number of aromatic nitrogens is 1. The molecule has 2 atom stereocenters. The Hall–Kier alpha value is -1.73. The summed E-state index contributed by atoms with van der Waals surface area (Å²) in [6, 6.07) is 1.04. The molecule has 1 aromatic rings. The largest absolute Gasteiger partial charge is 0.478 e. The van der Waals surface area contributed by atoms with Crippen LogP contribution in [0.1, 0.15) is 16.8 Å². The van der Waals surface area contributed by atoms with Gasteiger partial charge >= 0.3 is 5.97 Å². The second-order valence-electron chi connectivity index (χ2n) is 5.26. The summed E-state index contributed by atoms with van der Waals surface area (Å²) in [5, 5.41) is 18.7. The van der Waals surface area contributed by atoms with Crippen LogP contribution < -0.4 is 4.90 Å². The van der Waals surface area contributed by atoms with Gasteiger partial charge in [-0.1, -0.05) is 0 Å². The number of anilines is 1. The summed E-state index contributed by atoms with van der Waals surface area (Å²) < 4.78 is 14.2. The lowest BCUT2D eigenvalue weighted by Crippen LogP contribution is -2.38. The highest BCUT2D eigenvalue weighted by Crippen LogP contribution is 2.28. The number of hydrogen-bond acceptors (Lipinski definition) is 5. The molecule has 2 heterocycles. The summed E-state index contributed by atoms with van der Waals surface area (Å²) in [7, 11) is 3.78. The van der Waals surface area contributed by atoms with Gasteiger partial charge in [0, 0.05) is 25.3 Å². The first-order valence-corrected chi connectivity index (χ1v) is 6.37. The zero-order chi connectivity index (χ0) is 14.9. The maximum Gasteiger partial charge on any atom is 0.338 e. The minimum atomic E-state index is -1.32. The Bertz CT molecular complexity index is 510. The van der Waals surface area contributed by atoms with Gasteiger partial charge in [0.1, 0.15) is 5.56 Å². The summed E-state index contributed by atoms with van der Waals surface area (Å²) >= 11 is 0. The van der Waals surface area contributed by atoms with Crippen molar-refractivity contribution >= 4 is 11.8 Å². The van der Waals surface area contributed by atoms with Crippen LogP contribution in [0.15, 0.2) is 12.3 Å². The second-order valence-corrected chi connectivity index (χ2v) is 5.26. The Morgan fingerprint density at radius 1 is 1.60 bits per heavy atom. The van der Waals surface area contributed by atoms with Gasteiger partial charge in [0.05, 0.1) is 6.10 Å². The topological polar surface area (TPSA) is 76.9 Å². The molecule has 1 aliphatic heterocycles. The van der Waals surface area contributed by atoms with Crippen LogP contribution in [0.5, 0.6) is 0 Å². The number of carboxylic acids is 1. The highest BCUT2D eigenvalue weighted by Gasteiger charge is 2.34. The summed E-state index contributed by atoms with van der Waals surface area (Å²) in [6.45, 7) is 0.890. The molecule has 7 heteroatoms. The molecule has 0 aromatic carbocycles. The van der Waals surface area contributed by atoms with Crippen molar-refractivity contribution in [3.8, 4) is 0 Å². The first kappa shape index (κ1) is 14.7. The molecular weight excluding hydrogens is 265 g/mol. The standard InChI is InChI=1S/C13H18FN3O3/c1-16(2)6-8-5-9(18)7-17(8)12-11(14)10(13(19)20)3-4-15-12/h3-4,8-9,18H,5-7H2,1-2H3,(H,19,20). The van der Waals surface area contributed by atoms with Crippen LogP contribution in [-0.4, -0.2) is 65.4 Å². The smallest absolute Gasteiger partial charge is 0.338 e. The molecular formula is C13H18FN3O3. The van der Waals surface area contributed by atoms with Crippen molar-refractivity contribution in [2.24, 2.45) is 0 Å². The van der Waals surface area contributed by atoms with E-state index < -0.39 is 23.5 Å². The lowest BCUT2D eigenvalue weighted by atomic mass is 10.2. The molecule has 0 spiro atoms. The monoisotopic (exact) mass is 283 g/mol. The molecule has 20 heavy (non-hydrogen) atoms. The fourth-order valence-electron chi connectivity index (χ4n) is 2.54. The van der Waals surface area contributed by atoms with Crippen molar-refractivity contribution in [2.45, 2.75) is 18.6 Å². The number of carbonyl (C=O) groups is 1. The molecule has 1 aromatic heterocycles. The van der Waals surface area contributed by atoms with Crippen LogP contribution in [0.4, 0.5) is 10.2 Å². The minimum absolute atomic E-state index is 0.00620. The van der Waals surface area contributed by atoms with Gasteiger partial charge < -0.3 is 20.0 Å². The second kappa shape index (κ2) is 5.72. The lowest BCUT2D eigenvalue weighted by molar-refractivity contribution is 0.0691. The Morgan fingerprint density at radius 3 is 2.90 bits per heavy atom. The van der Waals surface area contributed by atoms with Crippen molar-refractivity contribution in [3.05, 3.63) is 23.6 Å². The van der Waals surface area contributed by atoms with Gasteiger partial charge in [-0.25, -0.2) is 14.2 Å². The third kappa shape index (κ3) is 2.88. The molecule has 1 fully saturated rings. The number of nitrogens with zero attached hydrogens (tertiary/aromatic N) is 3. The van der Waals surface area contributed by atoms with E-state index in [2.05, 4.69) is 4.98 Å². The van der Waals surface area contributed by atoms with Crippen LogP contribution in [0, 0.1) is 5.82 Å². The van der Waals surface area contributed by atoms with Crippen LogP contribution >= 0.6 is 0 Å². The Labute approximate surface area is 116 Å². The van der Waals surface area contributed by atoms with E-state index in [1.807, 2.05) is 19.0 Å². The molecule has 0 amide bonds. The molecule has 2 N–H and O–H groups in total. The molecule has 0 saturated carbocycles. The van der Waals surface area contributed by atoms with Gasteiger partial charge in [0.15, 0.2) is 11.6 Å². The number of rotatable bonds is 4. The third-order valence-electron chi connectivity index (χ3n) is 3.34. The molecule has 0 bridgehead atoms. The number of carboxylic acid groups (broad SMARTS) is 1. The van der Waals surface area contributed by atoms with Crippen molar-refractivity contribution in [3.63, 3.8) is 0 Å². The van der Waals surface area contributed by atoms with E-state index in [-0.39, 0.29) is 18.4 Å². The number of β-amino-alcohol motifs (C(OH)–C–C–N with tert-alkyl or cyclic N) is 1. The molecule has 110 valence electrons. The minimum Gasteiger partial charge on any atom is -0.478 e. The Morgan fingerprint density at radius 2 is 2.30 bits per heavy atom. The summed E-state index contributed by atoms with van der Waals surface area (Å²) in [4.78, 5) is 18.5. The number of halogens is 1. The van der Waals surface area contributed by atoms with Gasteiger partial charge in [-0.15, -0.1) is 0 Å². The number of pyridine rings is 1. The number of hydrogen-bond donors (Lipinski definition) is 2. The normalized spacial score (nSPS) is 22.6. The van der Waals surface area contributed by atoms with E-state index in [1.165, 1.54) is 6.20 Å². The zero-order valence-electron chi connectivity index (χ0n) is 11.5. The fourth-order valence-corrected chi connectivity index (χ4v) is 2.54. The SMILES string of the molecule is CN(C)CC1CC(O)CN1c1nccc(C(=O)O)c1F. The Kier molecular flexibility index (Phi) is 4.20. The van der Waals surface area contributed by atoms with Crippen LogP contribution in [0.25, 0.3) is 0 Å². The first-order valence-electron chi connectivity index (χ1n) is 6.37. The number of likely N-dealkylation sites (N-methyl/N-ethyl adjacent to an activating group) is 1. The molecule has 2 unspecified atom stereocenters. The van der Waals surface area contributed by atoms with E-state index >= 15 is 0 Å². The summed E-state index contributed by atoms with van der Waals surface area (Å²) in [5.74, 6) is -2.18. The highest BCUT2D eigenvalue weighted by molar-refractivity contribution is 5.88. The van der Waals surface area contributed by atoms with Gasteiger partial charge in [-0.05, 0) is 26.6 Å². The highest BCUT2D eigenvalue weighted by atomic mass is 19.1. The quantitative estimate of drug-likeness (QED) is 0.834. The van der Waals surface area contributed by atoms with Crippen LogP contribution in [0.2, 0.25) is 0 Å². The van der Waals surface area contributed by atoms with Gasteiger partial charge in [0.25, 0.3) is 0 Å². The van der Waals surface area contributed by atoms with Gasteiger partial charge in [0.2, 0.25) is 0 Å². The maximum absolute atomic E-state index is 14.2. The van der Waals surface area contributed by atoms with Crippen molar-refractivity contribution < 1.29 is 19.4 Å². The van der Waals surface area contributed by atoms with E-state index in [4.69, 9.17) is 5.11 Å². The Balaban J connectivity index is 2.34. The predicted molar refractivity (Wildman–Crippen MR) is 71.5 cm³/mol. The average Bonchev–Trinajstić information content (AvgIpc) is 2.69. The third-order valence-corrected chi connectivity index (χ3v) is 3.34. The van der Waals surface area contributed by atoms with Crippen LogP contribution in [-0.2, 0) is 0 Å². The molecule has 2 rings (SSSR count). The van der Waals surface area contributed by atoms with Crippen LogP contribution in [0.3, 0.4) is 0 Å². The van der Waals surface area contributed by atoms with E-state index in [1.54, 1.807) is 4.90 Å². The van der Waals surface area contributed by atoms with E-state index in [9.17, 15) is 14.3 Å². The predicted octanol–water partition coefficient (Wildman–Crippen LogP) is 0.420. The maximum atomic E-state index is 14.2. The van der Waals surface area contributed by atoms with Gasteiger partial charge in [-0.3, -0.25) is 0 Å². The lowest BCUT2D eigenvalue weighted by Gasteiger charge is -2.28. The van der Waals surface area contributed by atoms with Crippen molar-refractivity contribution in [1.29, 1.82) is 0 Å². The molecule has 6 nitrogen and oxygen atoms in total. The zero-order valence-corrected chi connectivity index (χ0v) is 11.5. The van der Waals surface area contributed by atoms with Crippen molar-refractivity contribution in [1.82, 2.24) is 9.88 Å². The summed E-state index contributed by atoms with van der Waals surface area (Å²) in [5.41, 5.74) is -0.403.